The summed E-state index contributed by atoms with van der Waals surface area (Å²) < 4.78 is 5.14. The second-order valence-corrected chi connectivity index (χ2v) is 5.42. The van der Waals surface area contributed by atoms with E-state index in [1.807, 2.05) is 0 Å². The Bertz CT molecular complexity index is 940. The van der Waals surface area contributed by atoms with Crippen LogP contribution in [0.25, 0.3) is 11.0 Å². The molecule has 3 rings (SSSR count). The fourth-order valence-electron chi connectivity index (χ4n) is 2.17. The quantitative estimate of drug-likeness (QED) is 0.323. The first-order chi connectivity index (χ1) is 12.1. The van der Waals surface area contributed by atoms with Crippen LogP contribution in [0.15, 0.2) is 53.9 Å². The molecular weight excluding hydrogens is 346 g/mol. The van der Waals surface area contributed by atoms with E-state index in [2.05, 4.69) is 20.5 Å². The van der Waals surface area contributed by atoms with Crippen LogP contribution in [0.4, 0.5) is 4.79 Å². The van der Waals surface area contributed by atoms with Crippen LogP contribution in [-0.4, -0.2) is 27.0 Å². The molecule has 0 fully saturated rings. The van der Waals surface area contributed by atoms with Crippen molar-refractivity contribution in [3.05, 3.63) is 59.4 Å². The fourth-order valence-corrected chi connectivity index (χ4v) is 2.40. The van der Waals surface area contributed by atoms with Gasteiger partial charge in [0.25, 0.3) is 0 Å². The van der Waals surface area contributed by atoms with Crippen LogP contribution < -0.4 is 15.9 Å². The number of carbonyl (C=O) groups excluding carboxylic acids is 1. The fraction of sp³-hybridized carbons (Fsp3) is 0.0625. The number of nitrogens with zero attached hydrogens (tertiary/aromatic N) is 2. The summed E-state index contributed by atoms with van der Waals surface area (Å²) in [7, 11) is 0. The largest absolute Gasteiger partial charge is 0.433 e. The lowest BCUT2D eigenvalue weighted by Gasteiger charge is -2.11. The lowest BCUT2D eigenvalue weighted by Crippen LogP contribution is -2.29. The third-order valence-electron chi connectivity index (χ3n) is 3.37. The molecule has 9 heteroatoms. The maximum absolute atomic E-state index is 11.8. The molecule has 0 aliphatic rings. The third kappa shape index (κ3) is 3.70. The lowest BCUT2D eigenvalue weighted by molar-refractivity contribution is 0.201. The van der Waals surface area contributed by atoms with Crippen LogP contribution in [0, 0.1) is 0 Å². The van der Waals surface area contributed by atoms with Gasteiger partial charge in [-0.3, -0.25) is 0 Å². The number of hydrogen-bond acceptors (Lipinski definition) is 5. The first kappa shape index (κ1) is 16.7. The minimum absolute atomic E-state index is 0.231. The molecule has 25 heavy (non-hydrogen) atoms. The van der Waals surface area contributed by atoms with E-state index in [-0.39, 0.29) is 5.84 Å². The van der Waals surface area contributed by atoms with Crippen molar-refractivity contribution in [2.24, 2.45) is 10.8 Å². The Labute approximate surface area is 147 Å². The van der Waals surface area contributed by atoms with E-state index in [9.17, 15) is 9.90 Å². The standard InChI is InChI=1S/C16H14ClN5O3/c17-11-6-2-1-4-9(11)13(23)14(18)21-22-16(24)25-12-8-20-15-10(12)5-3-7-19-15/h1-8,13,23H,(H2,18,21)(H,19,20)(H,22,24). The molecule has 0 saturated carbocycles. The summed E-state index contributed by atoms with van der Waals surface area (Å²) in [5.41, 5.74) is 8.77. The Morgan fingerprint density at radius 1 is 1.36 bits per heavy atom. The van der Waals surface area contributed by atoms with Gasteiger partial charge in [-0.1, -0.05) is 29.8 Å². The highest BCUT2D eigenvalue weighted by Gasteiger charge is 2.16. The van der Waals surface area contributed by atoms with Gasteiger partial charge in [-0.25, -0.2) is 15.2 Å². The van der Waals surface area contributed by atoms with Crippen molar-refractivity contribution >= 4 is 34.6 Å². The Kier molecular flexibility index (Phi) is 4.82. The topological polar surface area (TPSA) is 126 Å². The smallest absolute Gasteiger partial charge is 0.407 e. The first-order valence-electron chi connectivity index (χ1n) is 7.21. The van der Waals surface area contributed by atoms with E-state index in [0.29, 0.717) is 27.4 Å². The molecule has 2 heterocycles. The molecule has 0 bridgehead atoms. The number of nitrogens with two attached hydrogens (primary N) is 1. The number of aliphatic hydroxyl groups excluding tert-OH is 1. The molecule has 8 nitrogen and oxygen atoms in total. The zero-order valence-electron chi connectivity index (χ0n) is 12.8. The Balaban J connectivity index is 1.66. The summed E-state index contributed by atoms with van der Waals surface area (Å²) in [6, 6.07) is 10.1. The number of benzene rings is 1. The third-order valence-corrected chi connectivity index (χ3v) is 3.72. The number of H-pyrrole nitrogens is 1. The van der Waals surface area contributed by atoms with Crippen molar-refractivity contribution in [1.29, 1.82) is 0 Å². The van der Waals surface area contributed by atoms with Crippen LogP contribution in [0.1, 0.15) is 11.7 Å². The SMILES string of the molecule is NC(=NNC(=O)Oc1c[nH]c2ncccc12)C(O)c1ccccc1Cl. The maximum Gasteiger partial charge on any atom is 0.433 e. The van der Waals surface area contributed by atoms with E-state index >= 15 is 0 Å². The molecule has 0 aliphatic heterocycles. The molecule has 5 N–H and O–H groups in total. The average molecular weight is 360 g/mol. The zero-order chi connectivity index (χ0) is 17.8. The number of aromatic nitrogens is 2. The molecule has 1 amide bonds. The zero-order valence-corrected chi connectivity index (χ0v) is 13.6. The number of aromatic amines is 1. The van der Waals surface area contributed by atoms with E-state index in [4.69, 9.17) is 22.1 Å². The summed E-state index contributed by atoms with van der Waals surface area (Å²) in [6.45, 7) is 0. The molecule has 128 valence electrons. The Morgan fingerprint density at radius 2 is 2.16 bits per heavy atom. The number of ether oxygens (including phenoxy) is 1. The van der Waals surface area contributed by atoms with Crippen molar-refractivity contribution in [2.45, 2.75) is 6.10 Å². The van der Waals surface area contributed by atoms with Crippen LogP contribution in [0.2, 0.25) is 5.02 Å². The van der Waals surface area contributed by atoms with Crippen LogP contribution in [0.3, 0.4) is 0 Å². The van der Waals surface area contributed by atoms with Gasteiger partial charge in [0.15, 0.2) is 11.6 Å². The van der Waals surface area contributed by atoms with Crippen molar-refractivity contribution < 1.29 is 14.6 Å². The predicted octanol–water partition coefficient (Wildman–Crippen LogP) is 2.31. The normalized spacial score (nSPS) is 12.8. The van der Waals surface area contributed by atoms with Gasteiger partial charge in [-0.05, 0) is 18.2 Å². The molecule has 3 aromatic rings. The number of hydrazone groups is 1. The summed E-state index contributed by atoms with van der Waals surface area (Å²) in [5, 5.41) is 14.8. The van der Waals surface area contributed by atoms with Crippen LogP contribution >= 0.6 is 11.6 Å². The second-order valence-electron chi connectivity index (χ2n) is 5.01. The Hall–Kier alpha value is -3.10. The number of amides is 1. The van der Waals surface area contributed by atoms with Gasteiger partial charge in [-0.15, -0.1) is 0 Å². The van der Waals surface area contributed by atoms with Gasteiger partial charge in [0.1, 0.15) is 11.8 Å². The van der Waals surface area contributed by atoms with Gasteiger partial charge in [-0.2, -0.15) is 5.10 Å². The van der Waals surface area contributed by atoms with Gasteiger partial charge < -0.3 is 20.6 Å². The number of rotatable bonds is 4. The summed E-state index contributed by atoms with van der Waals surface area (Å²) in [4.78, 5) is 18.8. The maximum atomic E-state index is 11.8. The van der Waals surface area contributed by atoms with Crippen molar-refractivity contribution in [3.63, 3.8) is 0 Å². The van der Waals surface area contributed by atoms with E-state index in [1.165, 1.54) is 6.20 Å². The predicted molar refractivity (Wildman–Crippen MR) is 93.3 cm³/mol. The van der Waals surface area contributed by atoms with E-state index in [1.54, 1.807) is 42.6 Å². The molecule has 1 atom stereocenters. The minimum Gasteiger partial charge on any atom is -0.407 e. The molecule has 2 aromatic heterocycles. The number of fused-ring (bicyclic) bond motifs is 1. The number of carbonyl (C=O) groups is 1. The van der Waals surface area contributed by atoms with Crippen LogP contribution in [-0.2, 0) is 0 Å². The molecule has 0 radical (unpaired) electrons. The second kappa shape index (κ2) is 7.20. The molecule has 1 aromatic carbocycles. The van der Waals surface area contributed by atoms with E-state index < -0.39 is 12.2 Å². The molecule has 0 spiro atoms. The minimum atomic E-state index is -1.26. The highest BCUT2D eigenvalue weighted by atomic mass is 35.5. The van der Waals surface area contributed by atoms with Gasteiger partial charge >= 0.3 is 6.09 Å². The highest BCUT2D eigenvalue weighted by molar-refractivity contribution is 6.31. The van der Waals surface area contributed by atoms with E-state index in [0.717, 1.165) is 0 Å². The number of halogens is 1. The number of nitrogens with one attached hydrogen (secondary N) is 2. The lowest BCUT2D eigenvalue weighted by atomic mass is 10.1. The molecule has 1 unspecified atom stereocenters. The number of aliphatic hydroxyl groups is 1. The molecule has 0 aliphatic carbocycles. The van der Waals surface area contributed by atoms with Crippen molar-refractivity contribution in [1.82, 2.24) is 15.4 Å². The summed E-state index contributed by atoms with van der Waals surface area (Å²) >= 11 is 5.98. The highest BCUT2D eigenvalue weighted by Crippen LogP contribution is 2.24. The number of pyridine rings is 1. The molecular formula is C16H14ClN5O3. The monoisotopic (exact) mass is 359 g/mol. The average Bonchev–Trinajstić information content (AvgIpc) is 3.02. The molecule has 0 saturated heterocycles. The summed E-state index contributed by atoms with van der Waals surface area (Å²) in [5.74, 6) is 0.0617. The first-order valence-corrected chi connectivity index (χ1v) is 7.59. The van der Waals surface area contributed by atoms with Gasteiger partial charge in [0, 0.05) is 23.0 Å². The van der Waals surface area contributed by atoms with Gasteiger partial charge in [0.05, 0.1) is 5.39 Å². The summed E-state index contributed by atoms with van der Waals surface area (Å²) in [6.07, 6.45) is 0.998. The Morgan fingerprint density at radius 3 is 2.96 bits per heavy atom. The number of amidine groups is 1. The van der Waals surface area contributed by atoms with Crippen molar-refractivity contribution in [2.75, 3.05) is 0 Å². The van der Waals surface area contributed by atoms with Gasteiger partial charge in [0.2, 0.25) is 0 Å². The van der Waals surface area contributed by atoms with Crippen molar-refractivity contribution in [3.8, 4) is 5.75 Å². The number of hydrogen-bond donors (Lipinski definition) is 4. The van der Waals surface area contributed by atoms with Crippen LogP contribution in [0.5, 0.6) is 5.75 Å².